The second-order valence-corrected chi connectivity index (χ2v) is 6.03. The summed E-state index contributed by atoms with van der Waals surface area (Å²) in [5.74, 6) is -0.176. The van der Waals surface area contributed by atoms with Gasteiger partial charge in [-0.15, -0.1) is 0 Å². The highest BCUT2D eigenvalue weighted by Crippen LogP contribution is 2.41. The number of hydrogen-bond donors (Lipinski definition) is 2. The third-order valence-corrected chi connectivity index (χ3v) is 4.37. The average molecular weight is 313 g/mol. The highest BCUT2D eigenvalue weighted by Gasteiger charge is 2.43. The number of aliphatic carboxylic acids is 1. The zero-order chi connectivity index (χ0) is 16.6. The van der Waals surface area contributed by atoms with Gasteiger partial charge >= 0.3 is 5.97 Å². The molecule has 3 rings (SSSR count). The van der Waals surface area contributed by atoms with Crippen molar-refractivity contribution in [3.05, 3.63) is 35.7 Å². The summed E-state index contributed by atoms with van der Waals surface area (Å²) in [5, 5.41) is 11.8. The van der Waals surface area contributed by atoms with E-state index in [2.05, 4.69) is 5.32 Å². The number of benzene rings is 1. The minimum atomic E-state index is -0.977. The van der Waals surface area contributed by atoms with Crippen LogP contribution in [0.15, 0.2) is 24.3 Å². The van der Waals surface area contributed by atoms with Gasteiger partial charge in [-0.3, -0.25) is 4.79 Å². The molecule has 0 aliphatic heterocycles. The molecule has 2 N–H and O–H groups in total. The van der Waals surface area contributed by atoms with Crippen molar-refractivity contribution in [3.63, 3.8) is 0 Å². The minimum Gasteiger partial charge on any atom is -0.478 e. The van der Waals surface area contributed by atoms with E-state index >= 15 is 0 Å². The second kappa shape index (κ2) is 5.53. The van der Waals surface area contributed by atoms with E-state index in [0.29, 0.717) is 0 Å². The molecule has 6 nitrogen and oxygen atoms in total. The van der Waals surface area contributed by atoms with Crippen LogP contribution in [-0.4, -0.2) is 26.5 Å². The van der Waals surface area contributed by atoms with E-state index in [-0.39, 0.29) is 11.4 Å². The van der Waals surface area contributed by atoms with Gasteiger partial charge in [-0.1, -0.05) is 6.07 Å². The summed E-state index contributed by atoms with van der Waals surface area (Å²) >= 11 is 0. The molecule has 0 atom stereocenters. The molecule has 0 bridgehead atoms. The Balaban J connectivity index is 2.05. The summed E-state index contributed by atoms with van der Waals surface area (Å²) in [6, 6.07) is 5.62. The second-order valence-electron chi connectivity index (χ2n) is 6.03. The maximum Gasteiger partial charge on any atom is 0.328 e. The van der Waals surface area contributed by atoms with E-state index in [1.807, 2.05) is 29.8 Å². The Bertz CT molecular complexity index is 816. The van der Waals surface area contributed by atoms with Crippen LogP contribution in [0.1, 0.15) is 37.6 Å². The Labute approximate surface area is 133 Å². The van der Waals surface area contributed by atoms with Crippen LogP contribution < -0.4 is 5.32 Å². The Morgan fingerprint density at radius 2 is 2.13 bits per heavy atom. The van der Waals surface area contributed by atoms with Crippen molar-refractivity contribution < 1.29 is 14.7 Å². The molecule has 0 saturated heterocycles. The summed E-state index contributed by atoms with van der Waals surface area (Å²) in [7, 11) is 1.93. The van der Waals surface area contributed by atoms with Crippen molar-refractivity contribution in [1.82, 2.24) is 14.9 Å². The standard InChI is InChI=1S/C17H19N3O3/c1-11(21)19-17(8-3-9-17)16-18-13-6-4-12(5-7-15(22)23)10-14(13)20(16)2/h4-7,10H,3,8-9H2,1-2H3,(H,19,21)(H,22,23)/b7-5+. The number of nitrogens with one attached hydrogen (secondary N) is 1. The fourth-order valence-electron chi connectivity index (χ4n) is 3.18. The molecule has 120 valence electrons. The van der Waals surface area contributed by atoms with Crippen LogP contribution in [0.25, 0.3) is 17.1 Å². The lowest BCUT2D eigenvalue weighted by Crippen LogP contribution is -2.51. The molecular weight excluding hydrogens is 294 g/mol. The van der Waals surface area contributed by atoms with Gasteiger partial charge in [0.1, 0.15) is 5.82 Å². The zero-order valence-electron chi connectivity index (χ0n) is 13.2. The highest BCUT2D eigenvalue weighted by atomic mass is 16.4. The van der Waals surface area contributed by atoms with Crippen LogP contribution in [0.5, 0.6) is 0 Å². The topological polar surface area (TPSA) is 84.2 Å². The molecule has 0 unspecified atom stereocenters. The largest absolute Gasteiger partial charge is 0.478 e. The normalized spacial score (nSPS) is 16.4. The Hall–Kier alpha value is -2.63. The highest BCUT2D eigenvalue weighted by molar-refractivity contribution is 5.87. The number of carbonyl (C=O) groups excluding carboxylic acids is 1. The predicted molar refractivity (Wildman–Crippen MR) is 86.7 cm³/mol. The Morgan fingerprint density at radius 3 is 2.70 bits per heavy atom. The minimum absolute atomic E-state index is 0.0539. The first kappa shape index (κ1) is 15.3. The van der Waals surface area contributed by atoms with E-state index in [1.165, 1.54) is 6.92 Å². The first-order valence-corrected chi connectivity index (χ1v) is 7.58. The van der Waals surface area contributed by atoms with Crippen molar-refractivity contribution >= 4 is 29.0 Å². The maximum absolute atomic E-state index is 11.5. The predicted octanol–water partition coefficient (Wildman–Crippen LogP) is 2.19. The van der Waals surface area contributed by atoms with Gasteiger partial charge in [-0.25, -0.2) is 9.78 Å². The fraction of sp³-hybridized carbons (Fsp3) is 0.353. The van der Waals surface area contributed by atoms with E-state index in [9.17, 15) is 9.59 Å². The number of fused-ring (bicyclic) bond motifs is 1. The molecule has 1 saturated carbocycles. The number of carboxylic acid groups (broad SMARTS) is 1. The maximum atomic E-state index is 11.5. The number of aryl methyl sites for hydroxylation is 1. The SMILES string of the molecule is CC(=O)NC1(c2nc3ccc(/C=C/C(=O)O)cc3n2C)CCC1. The summed E-state index contributed by atoms with van der Waals surface area (Å²) in [4.78, 5) is 26.9. The van der Waals surface area contributed by atoms with Crippen LogP contribution in [0, 0.1) is 0 Å². The Morgan fingerprint density at radius 1 is 1.39 bits per heavy atom. The molecule has 6 heteroatoms. The van der Waals surface area contributed by atoms with Crippen LogP contribution in [0.2, 0.25) is 0 Å². The summed E-state index contributed by atoms with van der Waals surface area (Å²) < 4.78 is 1.99. The van der Waals surface area contributed by atoms with Crippen molar-refractivity contribution in [3.8, 4) is 0 Å². The van der Waals surface area contributed by atoms with Gasteiger partial charge in [0.25, 0.3) is 0 Å². The van der Waals surface area contributed by atoms with Gasteiger partial charge in [0.15, 0.2) is 0 Å². The molecule has 1 fully saturated rings. The molecule has 0 radical (unpaired) electrons. The number of carbonyl (C=O) groups is 2. The molecule has 1 amide bonds. The third-order valence-electron chi connectivity index (χ3n) is 4.37. The van der Waals surface area contributed by atoms with E-state index in [0.717, 1.165) is 47.8 Å². The Kier molecular flexibility index (Phi) is 3.67. The van der Waals surface area contributed by atoms with Crippen LogP contribution in [0.3, 0.4) is 0 Å². The van der Waals surface area contributed by atoms with E-state index < -0.39 is 5.97 Å². The number of imidazole rings is 1. The first-order valence-electron chi connectivity index (χ1n) is 7.58. The first-order chi connectivity index (χ1) is 10.9. The fourth-order valence-corrected chi connectivity index (χ4v) is 3.18. The van der Waals surface area contributed by atoms with Crippen molar-refractivity contribution in [2.75, 3.05) is 0 Å². The number of hydrogen-bond acceptors (Lipinski definition) is 3. The van der Waals surface area contributed by atoms with Gasteiger partial charge in [0.05, 0.1) is 16.6 Å². The molecule has 0 spiro atoms. The van der Waals surface area contributed by atoms with Gasteiger partial charge in [-0.2, -0.15) is 0 Å². The van der Waals surface area contributed by atoms with Gasteiger partial charge in [-0.05, 0) is 43.0 Å². The molecule has 23 heavy (non-hydrogen) atoms. The number of aromatic nitrogens is 2. The van der Waals surface area contributed by atoms with Crippen molar-refractivity contribution in [2.45, 2.75) is 31.7 Å². The lowest BCUT2D eigenvalue weighted by molar-refractivity contribution is -0.131. The summed E-state index contributed by atoms with van der Waals surface area (Å²) in [6.45, 7) is 1.53. The zero-order valence-corrected chi connectivity index (χ0v) is 13.2. The summed E-state index contributed by atoms with van der Waals surface area (Å²) in [5.41, 5.74) is 2.18. The lowest BCUT2D eigenvalue weighted by atomic mass is 9.76. The average Bonchev–Trinajstić information content (AvgIpc) is 2.78. The van der Waals surface area contributed by atoms with E-state index in [1.54, 1.807) is 6.08 Å². The number of nitrogens with zero attached hydrogens (tertiary/aromatic N) is 2. The quantitative estimate of drug-likeness (QED) is 0.847. The molecule has 1 aliphatic carbocycles. The van der Waals surface area contributed by atoms with Crippen LogP contribution in [0.4, 0.5) is 0 Å². The third kappa shape index (κ3) is 2.72. The molecular formula is C17H19N3O3. The molecule has 1 aromatic carbocycles. The smallest absolute Gasteiger partial charge is 0.328 e. The monoisotopic (exact) mass is 313 g/mol. The van der Waals surface area contributed by atoms with Crippen LogP contribution in [-0.2, 0) is 22.2 Å². The number of rotatable bonds is 4. The van der Waals surface area contributed by atoms with Crippen LogP contribution >= 0.6 is 0 Å². The van der Waals surface area contributed by atoms with E-state index in [4.69, 9.17) is 10.1 Å². The summed E-state index contributed by atoms with van der Waals surface area (Å²) in [6.07, 6.45) is 5.51. The van der Waals surface area contributed by atoms with Crippen molar-refractivity contribution in [1.29, 1.82) is 0 Å². The van der Waals surface area contributed by atoms with Gasteiger partial charge in [0, 0.05) is 20.0 Å². The molecule has 1 heterocycles. The molecule has 2 aromatic rings. The van der Waals surface area contributed by atoms with Gasteiger partial charge in [0.2, 0.25) is 5.91 Å². The van der Waals surface area contributed by atoms with Gasteiger partial charge < -0.3 is 15.0 Å². The number of amides is 1. The van der Waals surface area contributed by atoms with Crippen molar-refractivity contribution in [2.24, 2.45) is 7.05 Å². The molecule has 1 aromatic heterocycles. The lowest BCUT2D eigenvalue weighted by Gasteiger charge is -2.41. The number of carboxylic acids is 1. The molecule has 1 aliphatic rings.